The number of carbonyl (C=O) groups excluding carboxylic acids is 2. The van der Waals surface area contributed by atoms with Gasteiger partial charge in [0.25, 0.3) is 0 Å². The number of alkyl halides is 1. The van der Waals surface area contributed by atoms with Gasteiger partial charge in [-0.1, -0.05) is 6.07 Å². The van der Waals surface area contributed by atoms with Gasteiger partial charge in [0.15, 0.2) is 5.58 Å². The zero-order valence-corrected chi connectivity index (χ0v) is 20.7. The first-order valence-corrected chi connectivity index (χ1v) is 12.6. The summed E-state index contributed by atoms with van der Waals surface area (Å²) in [6, 6.07) is 9.15. The number of oxazole rings is 1. The van der Waals surface area contributed by atoms with Gasteiger partial charge in [-0.3, -0.25) is 9.59 Å². The highest BCUT2D eigenvalue weighted by Gasteiger charge is 2.48. The number of esters is 1. The molecule has 0 N–H and O–H groups in total. The minimum atomic E-state index is -2.50. The van der Waals surface area contributed by atoms with Gasteiger partial charge in [-0.05, 0) is 68.4 Å². The van der Waals surface area contributed by atoms with Crippen molar-refractivity contribution in [3.8, 4) is 11.6 Å². The Kier molecular flexibility index (Phi) is 6.94. The molecule has 1 unspecified atom stereocenters. The first-order valence-electron chi connectivity index (χ1n) is 12.6. The molecule has 5 rings (SSSR count). The predicted octanol–water partition coefficient (Wildman–Crippen LogP) is 4.41. The lowest BCUT2D eigenvalue weighted by Crippen LogP contribution is -2.54. The van der Waals surface area contributed by atoms with E-state index < -0.39 is 17.9 Å². The van der Waals surface area contributed by atoms with Gasteiger partial charge in [0, 0.05) is 32.8 Å². The number of hydrogen-bond donors (Lipinski definition) is 0. The number of hydrogen-bond acceptors (Lipinski definition) is 7. The van der Waals surface area contributed by atoms with Crippen molar-refractivity contribution < 1.29 is 27.9 Å². The van der Waals surface area contributed by atoms with Crippen LogP contribution in [-0.4, -0.2) is 58.5 Å². The van der Waals surface area contributed by atoms with Crippen LogP contribution in [0.15, 0.2) is 40.9 Å². The number of aromatic nitrogens is 2. The summed E-state index contributed by atoms with van der Waals surface area (Å²) in [5.41, 5.74) is 2.70. The third-order valence-electron chi connectivity index (χ3n) is 7.37. The van der Waals surface area contributed by atoms with Gasteiger partial charge in [0.2, 0.25) is 11.7 Å². The SMILES string of the molecule is COC(=O)C1CCC(OC(F)(C(=O)Cc2ccc3nc(-c4cccn4C)oc3c2)N2CCCC2)CC1. The lowest BCUT2D eigenvalue weighted by molar-refractivity contribution is -0.252. The average Bonchev–Trinajstić information content (AvgIpc) is 3.64. The van der Waals surface area contributed by atoms with E-state index in [4.69, 9.17) is 13.9 Å². The lowest BCUT2D eigenvalue weighted by Gasteiger charge is -2.37. The van der Waals surface area contributed by atoms with Crippen molar-refractivity contribution in [3.63, 3.8) is 0 Å². The minimum Gasteiger partial charge on any atom is -0.469 e. The van der Waals surface area contributed by atoms with E-state index in [2.05, 4.69) is 4.98 Å². The zero-order chi connectivity index (χ0) is 25.3. The van der Waals surface area contributed by atoms with Crippen LogP contribution in [0.2, 0.25) is 0 Å². The van der Waals surface area contributed by atoms with Crippen LogP contribution in [0.4, 0.5) is 4.39 Å². The topological polar surface area (TPSA) is 86.8 Å². The third kappa shape index (κ3) is 4.82. The van der Waals surface area contributed by atoms with Gasteiger partial charge in [-0.2, -0.15) is 4.39 Å². The van der Waals surface area contributed by atoms with E-state index in [9.17, 15) is 9.59 Å². The number of likely N-dealkylation sites (tertiary alicyclic amines) is 1. The molecule has 1 saturated carbocycles. The molecule has 0 amide bonds. The van der Waals surface area contributed by atoms with Crippen LogP contribution in [0, 0.1) is 5.92 Å². The standard InChI is InChI=1S/C27H32FN3O5/c1-30-13-5-6-22(30)25-29-21-12-7-18(16-23(21)35-25)17-24(32)27(28,31-14-3-4-15-31)36-20-10-8-19(9-11-20)26(33)34-2/h5-7,12-13,16,19-20H,3-4,8-11,14-15,17H2,1-2H3. The molecule has 2 aliphatic rings. The highest BCUT2D eigenvalue weighted by Crippen LogP contribution is 2.35. The fraction of sp³-hybridized carbons (Fsp3) is 0.519. The van der Waals surface area contributed by atoms with Gasteiger partial charge in [-0.25, -0.2) is 9.88 Å². The summed E-state index contributed by atoms with van der Waals surface area (Å²) < 4.78 is 35.1. The Morgan fingerprint density at radius 1 is 1.17 bits per heavy atom. The number of carbonyl (C=O) groups is 2. The number of rotatable bonds is 8. The maximum atomic E-state index is 16.5. The van der Waals surface area contributed by atoms with Crippen molar-refractivity contribution in [1.29, 1.82) is 0 Å². The van der Waals surface area contributed by atoms with E-state index in [1.165, 1.54) is 12.0 Å². The van der Waals surface area contributed by atoms with Gasteiger partial charge >= 0.3 is 11.9 Å². The van der Waals surface area contributed by atoms with Crippen molar-refractivity contribution in [2.75, 3.05) is 20.2 Å². The molecule has 1 aliphatic heterocycles. The molecule has 3 aromatic rings. The van der Waals surface area contributed by atoms with E-state index in [0.717, 1.165) is 18.5 Å². The van der Waals surface area contributed by atoms with Crippen LogP contribution in [0.25, 0.3) is 22.7 Å². The van der Waals surface area contributed by atoms with Gasteiger partial charge in [0.1, 0.15) is 11.2 Å². The molecule has 2 aromatic heterocycles. The number of benzene rings is 1. The predicted molar refractivity (Wildman–Crippen MR) is 131 cm³/mol. The van der Waals surface area contributed by atoms with Crippen molar-refractivity contribution in [2.45, 2.75) is 57.0 Å². The van der Waals surface area contributed by atoms with Crippen LogP contribution >= 0.6 is 0 Å². The molecular formula is C27H32FN3O5. The molecule has 3 heterocycles. The first-order chi connectivity index (χ1) is 17.4. The van der Waals surface area contributed by atoms with Gasteiger partial charge in [0.05, 0.1) is 19.1 Å². The molecule has 8 nitrogen and oxygen atoms in total. The highest BCUT2D eigenvalue weighted by atomic mass is 19.2. The fourth-order valence-corrected chi connectivity index (χ4v) is 5.29. The molecule has 1 aliphatic carbocycles. The molecule has 1 aromatic carbocycles. The summed E-state index contributed by atoms with van der Waals surface area (Å²) in [5, 5.41) is 0. The number of nitrogens with zero attached hydrogens (tertiary/aromatic N) is 3. The largest absolute Gasteiger partial charge is 0.469 e. The molecule has 1 atom stereocenters. The first kappa shape index (κ1) is 24.6. The maximum absolute atomic E-state index is 16.5. The number of ether oxygens (including phenoxy) is 2. The highest BCUT2D eigenvalue weighted by molar-refractivity contribution is 5.88. The van der Waals surface area contributed by atoms with Gasteiger partial charge < -0.3 is 18.5 Å². The number of methoxy groups -OCH3 is 1. The van der Waals surface area contributed by atoms with Crippen LogP contribution in [-0.2, 0) is 32.5 Å². The Labute approximate surface area is 209 Å². The molecule has 9 heteroatoms. The van der Waals surface area contributed by atoms with E-state index in [1.807, 2.05) is 29.9 Å². The fourth-order valence-electron chi connectivity index (χ4n) is 5.29. The summed E-state index contributed by atoms with van der Waals surface area (Å²) in [5.74, 6) is -3.07. The zero-order valence-electron chi connectivity index (χ0n) is 20.7. The monoisotopic (exact) mass is 497 g/mol. The molecule has 192 valence electrons. The van der Waals surface area contributed by atoms with Crippen molar-refractivity contribution >= 4 is 22.9 Å². The second kappa shape index (κ2) is 10.1. The molecule has 0 radical (unpaired) electrons. The van der Waals surface area contributed by atoms with E-state index in [-0.39, 0.29) is 18.3 Å². The smallest absolute Gasteiger partial charge is 0.330 e. The molecule has 0 spiro atoms. The van der Waals surface area contributed by atoms with Crippen LogP contribution < -0.4 is 0 Å². The number of Topliss-reactive ketones (excluding diaryl/α,β-unsaturated/α-hetero) is 1. The Hall–Kier alpha value is -3.04. The average molecular weight is 498 g/mol. The lowest BCUT2D eigenvalue weighted by atomic mass is 9.87. The second-order valence-electron chi connectivity index (χ2n) is 9.80. The van der Waals surface area contributed by atoms with Crippen molar-refractivity contribution in [2.24, 2.45) is 13.0 Å². The number of aryl methyl sites for hydroxylation is 1. The Bertz CT molecular complexity index is 1240. The Morgan fingerprint density at radius 3 is 2.58 bits per heavy atom. The number of ketones is 1. The van der Waals surface area contributed by atoms with E-state index in [0.29, 0.717) is 61.3 Å². The summed E-state index contributed by atoms with van der Waals surface area (Å²) >= 11 is 0. The van der Waals surface area contributed by atoms with Crippen LogP contribution in [0.1, 0.15) is 44.1 Å². The molecular weight excluding hydrogens is 465 g/mol. The van der Waals surface area contributed by atoms with Crippen LogP contribution in [0.3, 0.4) is 0 Å². The second-order valence-corrected chi connectivity index (χ2v) is 9.80. The number of halogens is 1. The quantitative estimate of drug-likeness (QED) is 0.337. The van der Waals surface area contributed by atoms with Crippen molar-refractivity contribution in [3.05, 3.63) is 42.1 Å². The van der Waals surface area contributed by atoms with Crippen molar-refractivity contribution in [1.82, 2.24) is 14.5 Å². The van der Waals surface area contributed by atoms with E-state index >= 15 is 4.39 Å². The molecule has 1 saturated heterocycles. The van der Waals surface area contributed by atoms with E-state index in [1.54, 1.807) is 18.2 Å². The molecule has 0 bridgehead atoms. The number of fused-ring (bicyclic) bond motifs is 1. The maximum Gasteiger partial charge on any atom is 0.330 e. The Balaban J connectivity index is 1.32. The summed E-state index contributed by atoms with van der Waals surface area (Å²) in [4.78, 5) is 31.3. The molecule has 36 heavy (non-hydrogen) atoms. The normalized spacial score (nSPS) is 22.5. The summed E-state index contributed by atoms with van der Waals surface area (Å²) in [6.07, 6.45) is 5.16. The summed E-state index contributed by atoms with van der Waals surface area (Å²) in [7, 11) is 3.29. The summed E-state index contributed by atoms with van der Waals surface area (Å²) in [6.45, 7) is 0.946. The van der Waals surface area contributed by atoms with Gasteiger partial charge in [-0.15, -0.1) is 0 Å². The molecule has 2 fully saturated rings. The third-order valence-corrected chi connectivity index (χ3v) is 7.37. The Morgan fingerprint density at radius 2 is 1.92 bits per heavy atom. The van der Waals surface area contributed by atoms with Crippen LogP contribution in [0.5, 0.6) is 0 Å². The minimum absolute atomic E-state index is 0.124.